The van der Waals surface area contributed by atoms with Gasteiger partial charge < -0.3 is 4.74 Å². The third kappa shape index (κ3) is 6.02. The molecule has 0 bridgehead atoms. The Bertz CT molecular complexity index is 929. The van der Waals surface area contributed by atoms with Crippen molar-refractivity contribution >= 4 is 16.0 Å². The summed E-state index contributed by atoms with van der Waals surface area (Å²) in [5.41, 5.74) is 1.99. The van der Waals surface area contributed by atoms with E-state index >= 15 is 0 Å². The van der Waals surface area contributed by atoms with E-state index in [0.29, 0.717) is 23.9 Å². The lowest BCUT2D eigenvalue weighted by molar-refractivity contribution is -0.139. The molecule has 6 heteroatoms. The Morgan fingerprint density at radius 3 is 2.38 bits per heavy atom. The first-order chi connectivity index (χ1) is 13.9. The third-order valence-corrected chi connectivity index (χ3v) is 7.09. The summed E-state index contributed by atoms with van der Waals surface area (Å²) in [7, 11) is -3.43. The van der Waals surface area contributed by atoms with Gasteiger partial charge in [-0.05, 0) is 49.8 Å². The maximum atomic E-state index is 12.7. The zero-order valence-corrected chi connectivity index (χ0v) is 17.5. The van der Waals surface area contributed by atoms with E-state index in [4.69, 9.17) is 4.74 Å². The van der Waals surface area contributed by atoms with Crippen molar-refractivity contribution in [2.75, 3.05) is 13.1 Å². The number of hydrogen-bond donors (Lipinski definition) is 0. The number of benzene rings is 2. The number of esters is 1. The van der Waals surface area contributed by atoms with Crippen molar-refractivity contribution in [1.29, 1.82) is 0 Å². The van der Waals surface area contributed by atoms with Gasteiger partial charge in [-0.25, -0.2) is 13.2 Å². The van der Waals surface area contributed by atoms with Crippen LogP contribution in [-0.4, -0.2) is 31.8 Å². The summed E-state index contributed by atoms with van der Waals surface area (Å²) in [6, 6.07) is 16.5. The van der Waals surface area contributed by atoms with Crippen LogP contribution in [0.15, 0.2) is 71.6 Å². The molecule has 0 spiro atoms. The summed E-state index contributed by atoms with van der Waals surface area (Å²) in [5.74, 6) is 0.0193. The number of nitrogens with zero attached hydrogens (tertiary/aromatic N) is 1. The van der Waals surface area contributed by atoms with E-state index in [1.54, 1.807) is 16.4 Å². The van der Waals surface area contributed by atoms with Gasteiger partial charge in [0.1, 0.15) is 6.61 Å². The highest BCUT2D eigenvalue weighted by atomic mass is 32.2. The molecular formula is C23H27NO4S. The van der Waals surface area contributed by atoms with Gasteiger partial charge in [0.05, 0.1) is 4.90 Å². The van der Waals surface area contributed by atoms with E-state index in [9.17, 15) is 13.2 Å². The largest absolute Gasteiger partial charge is 0.458 e. The molecule has 1 heterocycles. The Morgan fingerprint density at radius 1 is 1.07 bits per heavy atom. The van der Waals surface area contributed by atoms with Crippen molar-refractivity contribution in [3.8, 4) is 0 Å². The fraction of sp³-hybridized carbons (Fsp3) is 0.348. The molecule has 2 aromatic rings. The number of sulfonamides is 1. The normalized spacial score (nSPS) is 16.2. The lowest BCUT2D eigenvalue weighted by Gasteiger charge is -2.30. The van der Waals surface area contributed by atoms with Gasteiger partial charge in [-0.2, -0.15) is 4.31 Å². The smallest absolute Gasteiger partial charge is 0.330 e. The van der Waals surface area contributed by atoms with Crippen LogP contribution in [-0.2, 0) is 26.2 Å². The molecule has 0 radical (unpaired) electrons. The van der Waals surface area contributed by atoms with E-state index in [1.807, 2.05) is 55.5 Å². The first-order valence-electron chi connectivity index (χ1n) is 9.89. The molecular weight excluding hydrogens is 386 g/mol. The lowest BCUT2D eigenvalue weighted by atomic mass is 9.94. The summed E-state index contributed by atoms with van der Waals surface area (Å²) in [6.45, 7) is 3.21. The SMILES string of the molecule is Cc1ccc(S(=O)(=O)N2CCC(C/C=C/C(=O)OCc3ccccc3)CC2)cc1. The Balaban J connectivity index is 1.43. The minimum Gasteiger partial charge on any atom is -0.458 e. The lowest BCUT2D eigenvalue weighted by Crippen LogP contribution is -2.38. The Kier molecular flexibility index (Phi) is 7.23. The van der Waals surface area contributed by atoms with Gasteiger partial charge >= 0.3 is 5.97 Å². The van der Waals surface area contributed by atoms with Crippen molar-refractivity contribution < 1.29 is 17.9 Å². The second kappa shape index (κ2) is 9.85. The molecule has 1 aliphatic heterocycles. The van der Waals surface area contributed by atoms with Crippen LogP contribution >= 0.6 is 0 Å². The van der Waals surface area contributed by atoms with Crippen molar-refractivity contribution in [3.05, 3.63) is 77.9 Å². The van der Waals surface area contributed by atoms with Crippen molar-refractivity contribution in [3.63, 3.8) is 0 Å². The zero-order chi connectivity index (χ0) is 20.7. The van der Waals surface area contributed by atoms with Crippen LogP contribution in [0.25, 0.3) is 0 Å². The van der Waals surface area contributed by atoms with Gasteiger partial charge in [0.15, 0.2) is 0 Å². The summed E-state index contributed by atoms with van der Waals surface area (Å²) < 4.78 is 32.3. The minimum absolute atomic E-state index is 0.263. The van der Waals surface area contributed by atoms with Crippen molar-refractivity contribution in [1.82, 2.24) is 4.31 Å². The molecule has 5 nitrogen and oxygen atoms in total. The quantitative estimate of drug-likeness (QED) is 0.507. The van der Waals surface area contributed by atoms with E-state index < -0.39 is 10.0 Å². The molecule has 29 heavy (non-hydrogen) atoms. The van der Waals surface area contributed by atoms with Crippen molar-refractivity contribution in [2.45, 2.75) is 37.7 Å². The van der Waals surface area contributed by atoms with Crippen LogP contribution in [0.4, 0.5) is 0 Å². The highest BCUT2D eigenvalue weighted by molar-refractivity contribution is 7.89. The highest BCUT2D eigenvalue weighted by Gasteiger charge is 2.28. The third-order valence-electron chi connectivity index (χ3n) is 5.18. The fourth-order valence-corrected chi connectivity index (χ4v) is 4.85. The standard InChI is InChI=1S/C23H27NO4S/c1-19-10-12-22(13-11-19)29(26,27)24-16-14-20(15-17-24)8-5-9-23(25)28-18-21-6-3-2-4-7-21/h2-7,9-13,20H,8,14-18H2,1H3/b9-5+. The molecule has 0 unspecified atom stereocenters. The fourth-order valence-electron chi connectivity index (χ4n) is 3.38. The number of piperidine rings is 1. The summed E-state index contributed by atoms with van der Waals surface area (Å²) in [6.07, 6.45) is 5.63. The number of allylic oxidation sites excluding steroid dienone is 1. The number of carbonyl (C=O) groups is 1. The maximum absolute atomic E-state index is 12.7. The first-order valence-corrected chi connectivity index (χ1v) is 11.3. The second-order valence-electron chi connectivity index (χ2n) is 7.39. The Hall–Kier alpha value is -2.44. The highest BCUT2D eigenvalue weighted by Crippen LogP contribution is 2.26. The predicted octanol–water partition coefficient (Wildman–Crippen LogP) is 4.09. The Labute approximate surface area is 173 Å². The van der Waals surface area contributed by atoms with E-state index in [0.717, 1.165) is 30.4 Å². The van der Waals surface area contributed by atoms with Crippen LogP contribution in [0, 0.1) is 12.8 Å². The molecule has 1 fully saturated rings. The molecule has 1 saturated heterocycles. The van der Waals surface area contributed by atoms with Gasteiger partial charge in [0, 0.05) is 19.2 Å². The molecule has 2 aromatic carbocycles. The van der Waals surface area contributed by atoms with Gasteiger partial charge in [-0.3, -0.25) is 0 Å². The molecule has 154 valence electrons. The van der Waals surface area contributed by atoms with E-state index in [1.165, 1.54) is 6.08 Å². The molecule has 3 rings (SSSR count). The molecule has 0 aliphatic carbocycles. The van der Waals surface area contributed by atoms with Gasteiger partial charge in [0.2, 0.25) is 10.0 Å². The number of hydrogen-bond acceptors (Lipinski definition) is 4. The number of ether oxygens (including phenoxy) is 1. The van der Waals surface area contributed by atoms with Gasteiger partial charge in [-0.1, -0.05) is 54.1 Å². The first kappa shape index (κ1) is 21.3. The summed E-state index contributed by atoms with van der Waals surface area (Å²) >= 11 is 0. The van der Waals surface area contributed by atoms with Crippen LogP contribution in [0.5, 0.6) is 0 Å². The molecule has 0 aromatic heterocycles. The van der Waals surface area contributed by atoms with E-state index in [-0.39, 0.29) is 12.6 Å². The molecule has 0 N–H and O–H groups in total. The van der Waals surface area contributed by atoms with E-state index in [2.05, 4.69) is 0 Å². The minimum atomic E-state index is -3.43. The number of aryl methyl sites for hydroxylation is 1. The molecule has 0 amide bonds. The van der Waals surface area contributed by atoms with Gasteiger partial charge in [0.25, 0.3) is 0 Å². The summed E-state index contributed by atoms with van der Waals surface area (Å²) in [5, 5.41) is 0. The van der Waals surface area contributed by atoms with Gasteiger partial charge in [-0.15, -0.1) is 0 Å². The van der Waals surface area contributed by atoms with Crippen LogP contribution in [0.1, 0.15) is 30.4 Å². The monoisotopic (exact) mass is 413 g/mol. The molecule has 0 saturated carbocycles. The number of carbonyl (C=O) groups excluding carboxylic acids is 1. The Morgan fingerprint density at radius 2 is 1.72 bits per heavy atom. The number of rotatable bonds is 7. The summed E-state index contributed by atoms with van der Waals surface area (Å²) in [4.78, 5) is 12.2. The van der Waals surface area contributed by atoms with Crippen LogP contribution in [0.3, 0.4) is 0 Å². The second-order valence-corrected chi connectivity index (χ2v) is 9.33. The topological polar surface area (TPSA) is 63.7 Å². The average molecular weight is 414 g/mol. The predicted molar refractivity (Wildman–Crippen MR) is 113 cm³/mol. The molecule has 1 aliphatic rings. The zero-order valence-electron chi connectivity index (χ0n) is 16.7. The van der Waals surface area contributed by atoms with Crippen molar-refractivity contribution in [2.24, 2.45) is 5.92 Å². The average Bonchev–Trinajstić information content (AvgIpc) is 2.74. The molecule has 0 atom stereocenters. The van der Waals surface area contributed by atoms with Crippen LogP contribution < -0.4 is 0 Å². The van der Waals surface area contributed by atoms with Crippen LogP contribution in [0.2, 0.25) is 0 Å². The maximum Gasteiger partial charge on any atom is 0.330 e.